The number of alkyl halides is 3. The summed E-state index contributed by atoms with van der Waals surface area (Å²) < 4.78 is 48.2. The minimum atomic E-state index is -4.17. The van der Waals surface area contributed by atoms with Crippen molar-refractivity contribution in [2.24, 2.45) is 11.3 Å². The highest BCUT2D eigenvalue weighted by molar-refractivity contribution is 5.49. The van der Waals surface area contributed by atoms with Gasteiger partial charge in [-0.15, -0.1) is 0 Å². The first-order valence-corrected chi connectivity index (χ1v) is 10.8. The summed E-state index contributed by atoms with van der Waals surface area (Å²) in [6.45, 7) is 8.40. The summed E-state index contributed by atoms with van der Waals surface area (Å²) in [6.07, 6.45) is -2.93. The Bertz CT molecular complexity index is 730. The van der Waals surface area contributed by atoms with Crippen LogP contribution in [0.4, 0.5) is 13.2 Å². The molecule has 2 aliphatic rings. The van der Waals surface area contributed by atoms with Gasteiger partial charge in [-0.25, -0.2) is 0 Å². The molecule has 4 nitrogen and oxygen atoms in total. The Hall–Kier alpha value is -1.47. The van der Waals surface area contributed by atoms with Crippen LogP contribution in [-0.2, 0) is 6.42 Å². The smallest absolute Gasteiger partial charge is 0.389 e. The summed E-state index contributed by atoms with van der Waals surface area (Å²) in [4.78, 5) is 2.45. The monoisotopic (exact) mass is 429 g/mol. The quantitative estimate of drug-likeness (QED) is 0.637. The molecule has 0 radical (unpaired) electrons. The van der Waals surface area contributed by atoms with Gasteiger partial charge in [0.1, 0.15) is 0 Å². The zero-order chi connectivity index (χ0) is 22.1. The Labute approximate surface area is 177 Å². The molecule has 0 spiro atoms. The van der Waals surface area contributed by atoms with Crippen LogP contribution in [0.25, 0.3) is 0 Å². The van der Waals surface area contributed by atoms with E-state index in [1.807, 2.05) is 12.1 Å². The lowest BCUT2D eigenvalue weighted by Gasteiger charge is -2.47. The molecule has 0 aromatic heterocycles. The summed E-state index contributed by atoms with van der Waals surface area (Å²) >= 11 is 0. The van der Waals surface area contributed by atoms with Crippen LogP contribution in [0, 0.1) is 11.3 Å². The normalized spacial score (nSPS) is 24.9. The van der Waals surface area contributed by atoms with Crippen molar-refractivity contribution in [3.05, 3.63) is 23.3 Å². The number of halogens is 3. The number of hydrogen-bond acceptors (Lipinski definition) is 4. The first-order valence-electron chi connectivity index (χ1n) is 10.8. The van der Waals surface area contributed by atoms with Gasteiger partial charge in [0.2, 0.25) is 0 Å². The van der Waals surface area contributed by atoms with E-state index < -0.39 is 12.6 Å². The lowest BCUT2D eigenvalue weighted by atomic mass is 9.75. The van der Waals surface area contributed by atoms with Gasteiger partial charge in [-0.3, -0.25) is 4.90 Å². The lowest BCUT2D eigenvalue weighted by Crippen LogP contribution is -2.48. The average Bonchev–Trinajstić information content (AvgIpc) is 2.63. The molecule has 1 fully saturated rings. The van der Waals surface area contributed by atoms with Gasteiger partial charge in [0, 0.05) is 25.6 Å². The molecule has 0 saturated carbocycles. The number of piperidine rings is 1. The molecule has 1 N–H and O–H groups in total. The van der Waals surface area contributed by atoms with Crippen molar-refractivity contribution in [2.75, 3.05) is 26.8 Å². The number of nitrogens with zero attached hydrogens (tertiary/aromatic N) is 1. The summed E-state index contributed by atoms with van der Waals surface area (Å²) in [7, 11) is 1.54. The van der Waals surface area contributed by atoms with Gasteiger partial charge in [0.25, 0.3) is 0 Å². The zero-order valence-electron chi connectivity index (χ0n) is 18.4. The number of aliphatic hydroxyl groups excluding tert-OH is 1. The van der Waals surface area contributed by atoms with Crippen LogP contribution in [0.15, 0.2) is 12.1 Å². The standard InChI is InChI=1S/C23H34F3NO3/c1-22(2,3)13-16-14-27-8-6-15-10-21(30-9-5-7-23(24,25)26)20(29-4)11-17(15)18(27)12-19(16)28/h10-11,16,18-19,28H,5-9,12-14H2,1-4H3. The Morgan fingerprint density at radius 3 is 2.53 bits per heavy atom. The molecular weight excluding hydrogens is 395 g/mol. The van der Waals surface area contributed by atoms with E-state index in [9.17, 15) is 18.3 Å². The molecule has 7 heteroatoms. The maximum absolute atomic E-state index is 12.4. The first kappa shape index (κ1) is 23.2. The first-order chi connectivity index (χ1) is 14.0. The molecule has 3 unspecified atom stereocenters. The Morgan fingerprint density at radius 1 is 1.17 bits per heavy atom. The molecular formula is C23H34F3NO3. The van der Waals surface area contributed by atoms with E-state index in [0.29, 0.717) is 17.9 Å². The van der Waals surface area contributed by atoms with Crippen molar-refractivity contribution in [1.29, 1.82) is 0 Å². The summed E-state index contributed by atoms with van der Waals surface area (Å²) in [6, 6.07) is 3.99. The lowest BCUT2D eigenvalue weighted by molar-refractivity contribution is -0.136. The zero-order valence-corrected chi connectivity index (χ0v) is 18.4. The molecule has 3 atom stereocenters. The van der Waals surface area contributed by atoms with E-state index in [0.717, 1.165) is 37.1 Å². The molecule has 1 aromatic rings. The Morgan fingerprint density at radius 2 is 1.90 bits per heavy atom. The van der Waals surface area contributed by atoms with Crippen molar-refractivity contribution in [1.82, 2.24) is 4.90 Å². The Kier molecular flexibility index (Phi) is 6.92. The third-order valence-electron chi connectivity index (χ3n) is 6.11. The van der Waals surface area contributed by atoms with Crippen LogP contribution in [-0.4, -0.2) is 49.1 Å². The van der Waals surface area contributed by atoms with Gasteiger partial charge in [-0.05, 0) is 60.3 Å². The van der Waals surface area contributed by atoms with Crippen molar-refractivity contribution in [3.8, 4) is 11.5 Å². The number of benzene rings is 1. The van der Waals surface area contributed by atoms with Crippen molar-refractivity contribution < 1.29 is 27.8 Å². The summed E-state index contributed by atoms with van der Waals surface area (Å²) in [5.74, 6) is 1.30. The molecule has 3 rings (SSSR count). The van der Waals surface area contributed by atoms with Crippen LogP contribution in [0.2, 0.25) is 0 Å². The van der Waals surface area contributed by atoms with Crippen molar-refractivity contribution >= 4 is 0 Å². The van der Waals surface area contributed by atoms with Gasteiger partial charge in [0.05, 0.1) is 19.8 Å². The van der Waals surface area contributed by atoms with E-state index in [1.165, 1.54) is 0 Å². The van der Waals surface area contributed by atoms with E-state index in [1.54, 1.807) is 7.11 Å². The predicted molar refractivity (Wildman–Crippen MR) is 110 cm³/mol. The van der Waals surface area contributed by atoms with E-state index in [-0.39, 0.29) is 36.5 Å². The fraction of sp³-hybridized carbons (Fsp3) is 0.739. The third-order valence-corrected chi connectivity index (χ3v) is 6.11. The minimum Gasteiger partial charge on any atom is -0.493 e. The SMILES string of the molecule is COc1cc2c(cc1OCCCC(F)(F)F)CCN1CC(CC(C)(C)C)C(O)CC21. The number of ether oxygens (including phenoxy) is 2. The molecule has 30 heavy (non-hydrogen) atoms. The molecule has 0 bridgehead atoms. The van der Waals surface area contributed by atoms with Gasteiger partial charge in [-0.2, -0.15) is 13.2 Å². The maximum atomic E-state index is 12.4. The molecule has 1 aromatic carbocycles. The number of rotatable bonds is 6. The number of fused-ring (bicyclic) bond motifs is 3. The van der Waals surface area contributed by atoms with E-state index in [4.69, 9.17) is 9.47 Å². The van der Waals surface area contributed by atoms with Crippen molar-refractivity contribution in [2.45, 2.75) is 71.2 Å². The fourth-order valence-corrected chi connectivity index (χ4v) is 4.81. The predicted octanol–water partition coefficient (Wildman–Crippen LogP) is 5.13. The van der Waals surface area contributed by atoms with Crippen molar-refractivity contribution in [3.63, 3.8) is 0 Å². The number of hydrogen-bond donors (Lipinski definition) is 1. The highest BCUT2D eigenvalue weighted by Crippen LogP contribution is 2.44. The highest BCUT2D eigenvalue weighted by atomic mass is 19.4. The molecule has 2 heterocycles. The van der Waals surface area contributed by atoms with Gasteiger partial charge < -0.3 is 14.6 Å². The fourth-order valence-electron chi connectivity index (χ4n) is 4.81. The average molecular weight is 430 g/mol. The Balaban J connectivity index is 1.72. The number of aliphatic hydroxyl groups is 1. The largest absolute Gasteiger partial charge is 0.493 e. The number of methoxy groups -OCH3 is 1. The summed E-state index contributed by atoms with van der Waals surface area (Å²) in [5, 5.41) is 10.8. The summed E-state index contributed by atoms with van der Waals surface area (Å²) in [5.41, 5.74) is 2.44. The molecule has 2 aliphatic heterocycles. The maximum Gasteiger partial charge on any atom is 0.389 e. The second kappa shape index (κ2) is 8.95. The minimum absolute atomic E-state index is 0.00257. The molecule has 0 amide bonds. The van der Waals surface area contributed by atoms with Gasteiger partial charge >= 0.3 is 6.18 Å². The van der Waals surface area contributed by atoms with E-state index >= 15 is 0 Å². The van der Waals surface area contributed by atoms with E-state index in [2.05, 4.69) is 25.7 Å². The van der Waals surface area contributed by atoms with Crippen LogP contribution in [0.1, 0.15) is 63.6 Å². The second-order valence-corrected chi connectivity index (χ2v) is 9.86. The second-order valence-electron chi connectivity index (χ2n) is 9.86. The van der Waals surface area contributed by atoms with Crippen LogP contribution < -0.4 is 9.47 Å². The third kappa shape index (κ3) is 5.82. The highest BCUT2D eigenvalue weighted by Gasteiger charge is 2.39. The van der Waals surface area contributed by atoms with Gasteiger partial charge in [-0.1, -0.05) is 20.8 Å². The van der Waals surface area contributed by atoms with Crippen LogP contribution in [0.5, 0.6) is 11.5 Å². The topological polar surface area (TPSA) is 41.9 Å². The van der Waals surface area contributed by atoms with Gasteiger partial charge in [0.15, 0.2) is 11.5 Å². The van der Waals surface area contributed by atoms with Crippen LogP contribution >= 0.6 is 0 Å². The van der Waals surface area contributed by atoms with Crippen LogP contribution in [0.3, 0.4) is 0 Å². The molecule has 170 valence electrons. The molecule has 1 saturated heterocycles. The molecule has 0 aliphatic carbocycles.